The van der Waals surface area contributed by atoms with Crippen LogP contribution in [0.25, 0.3) is 0 Å². The van der Waals surface area contributed by atoms with Crippen LogP contribution in [0.15, 0.2) is 0 Å². The minimum atomic E-state index is 0. The molecule has 2 radical (unpaired) electrons. The van der Waals surface area contributed by atoms with Gasteiger partial charge in [-0.25, -0.2) is 0 Å². The van der Waals surface area contributed by atoms with Gasteiger partial charge in [-0.05, 0) is 0 Å². The molecule has 0 heterocycles. The average molecular weight is 353 g/mol. The van der Waals surface area contributed by atoms with Gasteiger partial charge < -0.3 is 0 Å². The second-order valence-electron chi connectivity index (χ2n) is 0. The summed E-state index contributed by atoms with van der Waals surface area (Å²) in [5, 5.41) is 0. The maximum atomic E-state index is 0. The molecule has 34 valence electrons. The van der Waals surface area contributed by atoms with Gasteiger partial charge in [-0.15, -0.1) is 0 Å². The maximum Gasteiger partial charge on any atom is 0 e. The number of rotatable bonds is 0. The Labute approximate surface area is 116 Å². The molecule has 0 aromatic carbocycles. The van der Waals surface area contributed by atoms with E-state index in [4.69, 9.17) is 0 Å². The normalized spacial score (nSPS) is 0. The van der Waals surface area contributed by atoms with E-state index in [2.05, 4.69) is 0 Å². The third-order valence-corrected chi connectivity index (χ3v) is 0. The van der Waals surface area contributed by atoms with E-state index in [0.29, 0.717) is 0 Å². The molecule has 0 saturated heterocycles. The first-order valence-electron chi connectivity index (χ1n) is 0. The molecule has 0 N–H and O–H groups in total. The Bertz CT molecular complexity index is 15.5. The molecule has 0 saturated carbocycles. The smallest absolute Gasteiger partial charge is 0 e. The van der Waals surface area contributed by atoms with Crippen LogP contribution >= 0.6 is 0 Å². The van der Waals surface area contributed by atoms with E-state index in [-0.39, 0.29) is 118 Å². The van der Waals surface area contributed by atoms with Gasteiger partial charge in [-0.3, -0.25) is 0 Å². The Morgan fingerprint density at radius 1 is 1.00 bits per heavy atom. The third kappa shape index (κ3) is 25.1. The topological polar surface area (TPSA) is 0 Å². The SMILES string of the molecule is [Cr].[Fe].[Mn].[Ti].[V].[Zr]. The predicted molar refractivity (Wildman–Crippen MR) is 0 cm³/mol. The van der Waals surface area contributed by atoms with Gasteiger partial charge in [0.25, 0.3) is 0 Å². The molecular formula is CrFeMnTiVZr. The van der Waals surface area contributed by atoms with E-state index in [1.807, 2.05) is 0 Å². The summed E-state index contributed by atoms with van der Waals surface area (Å²) in [6.45, 7) is 0. The van der Waals surface area contributed by atoms with Crippen LogP contribution in [0.1, 0.15) is 0 Å². The fourth-order valence-electron chi connectivity index (χ4n) is 0. The van der Waals surface area contributed by atoms with E-state index in [0.717, 1.165) is 0 Å². The molecule has 6 heteroatoms. The Morgan fingerprint density at radius 3 is 1.00 bits per heavy atom. The molecule has 0 bridgehead atoms. The van der Waals surface area contributed by atoms with E-state index < -0.39 is 0 Å². The summed E-state index contributed by atoms with van der Waals surface area (Å²) in [5.41, 5.74) is 0. The van der Waals surface area contributed by atoms with Gasteiger partial charge in [0.2, 0.25) is 0 Å². The Kier molecular flexibility index (Phi) is 330. The van der Waals surface area contributed by atoms with Crippen molar-refractivity contribution in [1.82, 2.24) is 0 Å². The van der Waals surface area contributed by atoms with Crippen LogP contribution in [0.2, 0.25) is 0 Å². The summed E-state index contributed by atoms with van der Waals surface area (Å²) >= 11 is 0. The third-order valence-electron chi connectivity index (χ3n) is 0. The van der Waals surface area contributed by atoms with Gasteiger partial charge in [0.05, 0.1) is 0 Å². The fourth-order valence-corrected chi connectivity index (χ4v) is 0. The Hall–Kier alpha value is 3.75. The molecule has 0 aromatic heterocycles. The number of hydrogen-bond donors (Lipinski definition) is 0. The zero-order valence-corrected chi connectivity index (χ0v) is 11.6. The average Bonchev–Trinajstić information content (AvgIpc) is 0. The summed E-state index contributed by atoms with van der Waals surface area (Å²) in [6, 6.07) is 0. The molecule has 6 heavy (non-hydrogen) atoms. The van der Waals surface area contributed by atoms with Crippen molar-refractivity contribution in [3.63, 3.8) is 0 Å². The zero-order valence-electron chi connectivity index (χ0n) is 2.59. The van der Waals surface area contributed by atoms with Crippen LogP contribution in [0.3, 0.4) is 0 Å². The second kappa shape index (κ2) is 37.4. The molecule has 0 aliphatic rings. The van der Waals surface area contributed by atoms with Gasteiger partial charge in [0.15, 0.2) is 0 Å². The molecule has 0 unspecified atom stereocenters. The van der Waals surface area contributed by atoms with E-state index in [1.54, 1.807) is 0 Å². The van der Waals surface area contributed by atoms with Crippen molar-refractivity contribution in [2.45, 2.75) is 0 Å². The molecule has 0 spiro atoms. The monoisotopic (exact) mass is 352 g/mol. The van der Waals surface area contributed by atoms with Crippen molar-refractivity contribution in [1.29, 1.82) is 0 Å². The van der Waals surface area contributed by atoms with Crippen LogP contribution in [0.5, 0.6) is 0 Å². The zero-order chi connectivity index (χ0) is 0. The van der Waals surface area contributed by atoms with Gasteiger partial charge in [-0.2, -0.15) is 0 Å². The fraction of sp³-hybridized carbons (Fsp3) is 0. The minimum absolute atomic E-state index is 0. The molecule has 0 atom stereocenters. The van der Waals surface area contributed by atoms with Crippen molar-refractivity contribution in [2.75, 3.05) is 0 Å². The van der Waals surface area contributed by atoms with Crippen molar-refractivity contribution < 1.29 is 118 Å². The molecule has 0 aliphatic heterocycles. The van der Waals surface area contributed by atoms with E-state index in [1.165, 1.54) is 0 Å². The van der Waals surface area contributed by atoms with Crippen molar-refractivity contribution in [3.8, 4) is 0 Å². The molecule has 0 amide bonds. The first-order valence-corrected chi connectivity index (χ1v) is 0. The van der Waals surface area contributed by atoms with E-state index >= 15 is 0 Å². The number of hydrogen-bond acceptors (Lipinski definition) is 0. The van der Waals surface area contributed by atoms with Crippen LogP contribution < -0.4 is 0 Å². The molecule has 0 aliphatic carbocycles. The quantitative estimate of drug-likeness (QED) is 0.538. The standard InChI is InChI=1S/Cr.Fe.Mn.Ti.V.Zr. The minimum Gasteiger partial charge on any atom is 0 e. The molecular weight excluding hydrogens is 353 g/mol. The van der Waals surface area contributed by atoms with Crippen molar-refractivity contribution in [3.05, 3.63) is 0 Å². The molecule has 0 aromatic rings. The van der Waals surface area contributed by atoms with E-state index in [9.17, 15) is 0 Å². The second-order valence-corrected chi connectivity index (χ2v) is 0. The van der Waals surface area contributed by atoms with Crippen LogP contribution in [0.4, 0.5) is 0 Å². The Balaban J connectivity index is 0. The van der Waals surface area contributed by atoms with Gasteiger partial charge in [0, 0.05) is 118 Å². The first-order chi connectivity index (χ1) is 0. The van der Waals surface area contributed by atoms with Crippen molar-refractivity contribution >= 4 is 0 Å². The van der Waals surface area contributed by atoms with Crippen molar-refractivity contribution in [2.24, 2.45) is 0 Å². The van der Waals surface area contributed by atoms with Gasteiger partial charge in [-0.1, -0.05) is 0 Å². The summed E-state index contributed by atoms with van der Waals surface area (Å²) in [4.78, 5) is 0. The largest absolute Gasteiger partial charge is 0 e. The van der Waals surface area contributed by atoms with Gasteiger partial charge >= 0.3 is 0 Å². The van der Waals surface area contributed by atoms with Crippen LogP contribution in [-0.4, -0.2) is 0 Å². The van der Waals surface area contributed by atoms with Crippen LogP contribution in [-0.2, 0) is 118 Å². The van der Waals surface area contributed by atoms with Gasteiger partial charge in [0.1, 0.15) is 0 Å². The summed E-state index contributed by atoms with van der Waals surface area (Å²) < 4.78 is 0. The summed E-state index contributed by atoms with van der Waals surface area (Å²) in [7, 11) is 0. The summed E-state index contributed by atoms with van der Waals surface area (Å²) in [5.74, 6) is 0. The molecule has 0 rings (SSSR count). The Morgan fingerprint density at radius 2 is 1.00 bits per heavy atom. The maximum absolute atomic E-state index is 0. The first kappa shape index (κ1) is 53.0. The predicted octanol–water partition coefficient (Wildman–Crippen LogP) is -0.0150. The van der Waals surface area contributed by atoms with Crippen LogP contribution in [0, 0.1) is 0 Å². The summed E-state index contributed by atoms with van der Waals surface area (Å²) in [6.07, 6.45) is 0. The molecule has 0 nitrogen and oxygen atoms in total. The molecule has 0 fully saturated rings.